The third-order valence-corrected chi connectivity index (χ3v) is 3.17. The van der Waals surface area contributed by atoms with E-state index in [4.69, 9.17) is 0 Å². The maximum absolute atomic E-state index is 11.9. The summed E-state index contributed by atoms with van der Waals surface area (Å²) in [6.07, 6.45) is 0. The molecule has 1 aliphatic heterocycles. The fourth-order valence-electron chi connectivity index (χ4n) is 2.08. The Morgan fingerprint density at radius 3 is 2.43 bits per heavy atom. The Morgan fingerprint density at radius 2 is 1.86 bits per heavy atom. The number of esters is 1. The Morgan fingerprint density at radius 1 is 1.24 bits per heavy atom. The maximum atomic E-state index is 11.9. The highest BCUT2D eigenvalue weighted by Crippen LogP contribution is 2.10. The van der Waals surface area contributed by atoms with E-state index in [2.05, 4.69) is 20.3 Å². The molecule has 6 nitrogen and oxygen atoms in total. The highest BCUT2D eigenvalue weighted by Gasteiger charge is 2.13. The number of hydrogen-bond acceptors (Lipinski definition) is 5. The molecule has 1 aromatic rings. The molecule has 0 saturated carbocycles. The molecule has 1 aromatic carbocycles. The van der Waals surface area contributed by atoms with Gasteiger partial charge in [-0.25, -0.2) is 4.79 Å². The van der Waals surface area contributed by atoms with Crippen LogP contribution in [0.3, 0.4) is 0 Å². The number of halogens is 1. The highest BCUT2D eigenvalue weighted by atomic mass is 35.5. The van der Waals surface area contributed by atoms with E-state index in [1.54, 1.807) is 24.3 Å². The van der Waals surface area contributed by atoms with Gasteiger partial charge in [-0.3, -0.25) is 9.69 Å². The van der Waals surface area contributed by atoms with Gasteiger partial charge in [0.1, 0.15) is 0 Å². The number of carbonyl (C=O) groups is 2. The molecule has 21 heavy (non-hydrogen) atoms. The summed E-state index contributed by atoms with van der Waals surface area (Å²) in [6.45, 7) is 3.99. The molecule has 1 fully saturated rings. The summed E-state index contributed by atoms with van der Waals surface area (Å²) >= 11 is 0. The van der Waals surface area contributed by atoms with E-state index >= 15 is 0 Å². The second-order valence-electron chi connectivity index (χ2n) is 4.64. The summed E-state index contributed by atoms with van der Waals surface area (Å²) in [4.78, 5) is 25.3. The summed E-state index contributed by atoms with van der Waals surface area (Å²) in [6, 6.07) is 6.66. The average Bonchev–Trinajstić information content (AvgIpc) is 2.48. The number of hydrogen-bond donors (Lipinski definition) is 2. The van der Waals surface area contributed by atoms with E-state index in [0.717, 1.165) is 26.2 Å². The molecule has 0 bridgehead atoms. The number of ether oxygens (including phenoxy) is 1. The summed E-state index contributed by atoms with van der Waals surface area (Å²) in [5, 5.41) is 6.06. The number of piperazine rings is 1. The van der Waals surface area contributed by atoms with Crippen molar-refractivity contribution in [2.24, 2.45) is 0 Å². The van der Waals surface area contributed by atoms with E-state index in [1.165, 1.54) is 7.11 Å². The van der Waals surface area contributed by atoms with Crippen LogP contribution in [0.1, 0.15) is 10.4 Å². The van der Waals surface area contributed by atoms with Crippen molar-refractivity contribution in [1.82, 2.24) is 10.2 Å². The molecule has 1 aliphatic rings. The van der Waals surface area contributed by atoms with Gasteiger partial charge < -0.3 is 15.4 Å². The van der Waals surface area contributed by atoms with Gasteiger partial charge in [-0.2, -0.15) is 0 Å². The average molecular weight is 314 g/mol. The molecular weight excluding hydrogens is 294 g/mol. The number of rotatable bonds is 4. The van der Waals surface area contributed by atoms with Crippen LogP contribution in [0.4, 0.5) is 5.69 Å². The lowest BCUT2D eigenvalue weighted by Gasteiger charge is -2.26. The van der Waals surface area contributed by atoms with Gasteiger partial charge in [-0.1, -0.05) is 0 Å². The number of carbonyl (C=O) groups excluding carboxylic acids is 2. The van der Waals surface area contributed by atoms with Crippen LogP contribution in [0.25, 0.3) is 0 Å². The van der Waals surface area contributed by atoms with Crippen LogP contribution in [0.15, 0.2) is 24.3 Å². The SMILES string of the molecule is COC(=O)c1ccc(NC(=O)CN2CCNCC2)cc1.Cl. The standard InChI is InChI=1S/C14H19N3O3.ClH/c1-20-14(19)11-2-4-12(5-3-11)16-13(18)10-17-8-6-15-7-9-17;/h2-5,15H,6-10H2,1H3,(H,16,18);1H. The van der Waals surface area contributed by atoms with Gasteiger partial charge >= 0.3 is 5.97 Å². The summed E-state index contributed by atoms with van der Waals surface area (Å²) in [7, 11) is 1.34. The van der Waals surface area contributed by atoms with Crippen LogP contribution in [-0.2, 0) is 9.53 Å². The van der Waals surface area contributed by atoms with Gasteiger partial charge in [-0.05, 0) is 24.3 Å². The zero-order valence-electron chi connectivity index (χ0n) is 11.9. The molecule has 1 heterocycles. The largest absolute Gasteiger partial charge is 0.465 e. The first-order valence-corrected chi connectivity index (χ1v) is 6.60. The van der Waals surface area contributed by atoms with Crippen molar-refractivity contribution in [2.45, 2.75) is 0 Å². The smallest absolute Gasteiger partial charge is 0.337 e. The van der Waals surface area contributed by atoms with Gasteiger partial charge in [0, 0.05) is 31.9 Å². The van der Waals surface area contributed by atoms with E-state index in [0.29, 0.717) is 17.8 Å². The zero-order valence-corrected chi connectivity index (χ0v) is 12.7. The van der Waals surface area contributed by atoms with Crippen molar-refractivity contribution in [3.05, 3.63) is 29.8 Å². The normalized spacial score (nSPS) is 14.9. The second-order valence-corrected chi connectivity index (χ2v) is 4.64. The van der Waals surface area contributed by atoms with Gasteiger partial charge in [0.05, 0.1) is 19.2 Å². The topological polar surface area (TPSA) is 70.7 Å². The lowest BCUT2D eigenvalue weighted by Crippen LogP contribution is -2.46. The molecule has 1 saturated heterocycles. The van der Waals surface area contributed by atoms with Gasteiger partial charge in [-0.15, -0.1) is 12.4 Å². The van der Waals surface area contributed by atoms with Crippen molar-refractivity contribution in [1.29, 1.82) is 0 Å². The molecule has 0 aliphatic carbocycles. The third-order valence-electron chi connectivity index (χ3n) is 3.17. The van der Waals surface area contributed by atoms with E-state index in [9.17, 15) is 9.59 Å². The molecule has 0 radical (unpaired) electrons. The fraction of sp³-hybridized carbons (Fsp3) is 0.429. The molecule has 0 unspecified atom stereocenters. The van der Waals surface area contributed by atoms with E-state index in [1.807, 2.05) is 0 Å². The monoisotopic (exact) mass is 313 g/mol. The molecule has 7 heteroatoms. The number of benzene rings is 1. The van der Waals surface area contributed by atoms with E-state index in [-0.39, 0.29) is 24.3 Å². The van der Waals surface area contributed by atoms with Crippen molar-refractivity contribution in [3.63, 3.8) is 0 Å². The fourth-order valence-corrected chi connectivity index (χ4v) is 2.08. The van der Waals surface area contributed by atoms with Crippen LogP contribution in [-0.4, -0.2) is 56.6 Å². The predicted molar refractivity (Wildman–Crippen MR) is 83.0 cm³/mol. The molecule has 0 atom stereocenters. The van der Waals surface area contributed by atoms with Crippen LogP contribution >= 0.6 is 12.4 Å². The Hall–Kier alpha value is -1.63. The van der Waals surface area contributed by atoms with Gasteiger partial charge in [0.2, 0.25) is 5.91 Å². The lowest BCUT2D eigenvalue weighted by molar-refractivity contribution is -0.117. The molecule has 2 rings (SSSR count). The Bertz CT molecular complexity index is 473. The number of anilines is 1. The summed E-state index contributed by atoms with van der Waals surface area (Å²) in [5.41, 5.74) is 1.14. The lowest BCUT2D eigenvalue weighted by atomic mass is 10.2. The number of nitrogens with one attached hydrogen (secondary N) is 2. The minimum absolute atomic E-state index is 0. The highest BCUT2D eigenvalue weighted by molar-refractivity contribution is 5.93. The number of nitrogens with zero attached hydrogens (tertiary/aromatic N) is 1. The minimum atomic E-state index is -0.385. The van der Waals surface area contributed by atoms with Crippen LogP contribution < -0.4 is 10.6 Å². The second kappa shape index (κ2) is 8.61. The van der Waals surface area contributed by atoms with Crippen LogP contribution in [0, 0.1) is 0 Å². The number of amides is 1. The van der Waals surface area contributed by atoms with Crippen molar-refractivity contribution in [3.8, 4) is 0 Å². The Labute approximate surface area is 130 Å². The molecule has 0 spiro atoms. The van der Waals surface area contributed by atoms with E-state index < -0.39 is 0 Å². The van der Waals surface area contributed by atoms with Gasteiger partial charge in [0.15, 0.2) is 0 Å². The van der Waals surface area contributed by atoms with Crippen molar-refractivity contribution < 1.29 is 14.3 Å². The third kappa shape index (κ3) is 5.34. The molecular formula is C14H20ClN3O3. The predicted octanol–water partition coefficient (Wildman–Crippen LogP) is 0.739. The zero-order chi connectivity index (χ0) is 14.4. The first-order valence-electron chi connectivity index (χ1n) is 6.60. The summed E-state index contributed by atoms with van der Waals surface area (Å²) < 4.78 is 4.62. The quantitative estimate of drug-likeness (QED) is 0.802. The minimum Gasteiger partial charge on any atom is -0.465 e. The van der Waals surface area contributed by atoms with Crippen molar-refractivity contribution in [2.75, 3.05) is 45.2 Å². The van der Waals surface area contributed by atoms with Crippen molar-refractivity contribution >= 4 is 30.0 Å². The van der Waals surface area contributed by atoms with Gasteiger partial charge in [0.25, 0.3) is 0 Å². The first kappa shape index (κ1) is 17.4. The number of methoxy groups -OCH3 is 1. The molecule has 0 aromatic heterocycles. The Kier molecular flexibility index (Phi) is 7.14. The molecule has 1 amide bonds. The maximum Gasteiger partial charge on any atom is 0.337 e. The molecule has 116 valence electrons. The Balaban J connectivity index is 0.00000220. The van der Waals surface area contributed by atoms with Crippen LogP contribution in [0.2, 0.25) is 0 Å². The molecule has 2 N–H and O–H groups in total. The summed E-state index contributed by atoms with van der Waals surface area (Å²) in [5.74, 6) is -0.429. The first-order chi connectivity index (χ1) is 9.69. The van der Waals surface area contributed by atoms with Crippen LogP contribution in [0.5, 0.6) is 0 Å².